The Labute approximate surface area is 220 Å². The molecule has 0 aliphatic carbocycles. The zero-order valence-corrected chi connectivity index (χ0v) is 22.0. The third-order valence-electron chi connectivity index (χ3n) is 7.75. The summed E-state index contributed by atoms with van der Waals surface area (Å²) >= 11 is 0. The fraction of sp³-hybridized carbons (Fsp3) is 0.333. The van der Waals surface area contributed by atoms with E-state index in [1.54, 1.807) is 19.4 Å². The number of hydrogen-bond acceptors (Lipinski definition) is 7. The van der Waals surface area contributed by atoms with Gasteiger partial charge in [-0.05, 0) is 31.7 Å². The first-order chi connectivity index (χ1) is 18.3. The molecular weight excluding hydrogens is 502 g/mol. The number of nitrogens with one attached hydrogen (secondary N) is 1. The lowest BCUT2D eigenvalue weighted by Crippen LogP contribution is -2.49. The molecule has 2 aliphatic rings. The summed E-state index contributed by atoms with van der Waals surface area (Å²) < 4.78 is 27.3. The third kappa shape index (κ3) is 3.97. The molecule has 5 heterocycles. The van der Waals surface area contributed by atoms with E-state index in [-0.39, 0.29) is 34.7 Å². The number of pyridine rings is 1. The molecule has 10 nitrogen and oxygen atoms in total. The van der Waals surface area contributed by atoms with Crippen LogP contribution in [0.1, 0.15) is 37.3 Å². The van der Waals surface area contributed by atoms with Gasteiger partial charge >= 0.3 is 6.03 Å². The molecule has 0 radical (unpaired) electrons. The van der Waals surface area contributed by atoms with Crippen LogP contribution in [-0.2, 0) is 9.84 Å². The van der Waals surface area contributed by atoms with E-state index in [4.69, 9.17) is 10.7 Å². The van der Waals surface area contributed by atoms with Gasteiger partial charge in [0.1, 0.15) is 10.7 Å². The van der Waals surface area contributed by atoms with Crippen molar-refractivity contribution in [3.05, 3.63) is 60.6 Å². The van der Waals surface area contributed by atoms with Gasteiger partial charge in [-0.2, -0.15) is 9.61 Å². The van der Waals surface area contributed by atoms with Crippen LogP contribution in [0, 0.1) is 0 Å². The second kappa shape index (κ2) is 9.09. The lowest BCUT2D eigenvalue weighted by molar-refractivity contribution is 0.138. The SMILES string of the molecule is CNC(=O)N1[C@@H]2CC[C@H]1C[C@H](c1nc3c(-c4ccc(-c5ccccc5)nc4)cnn3c(N)c1S(C)(=O)=O)C2. The Morgan fingerprint density at radius 1 is 1.03 bits per heavy atom. The monoisotopic (exact) mass is 531 g/mol. The number of urea groups is 1. The molecule has 3 atom stereocenters. The van der Waals surface area contributed by atoms with Crippen molar-refractivity contribution in [2.75, 3.05) is 19.0 Å². The van der Waals surface area contributed by atoms with Gasteiger partial charge in [-0.25, -0.2) is 18.2 Å². The first-order valence-corrected chi connectivity index (χ1v) is 14.5. The molecule has 196 valence electrons. The largest absolute Gasteiger partial charge is 0.382 e. The Morgan fingerprint density at radius 3 is 2.34 bits per heavy atom. The molecule has 1 aromatic carbocycles. The Morgan fingerprint density at radius 2 is 1.74 bits per heavy atom. The second-order valence-electron chi connectivity index (χ2n) is 10.1. The third-order valence-corrected chi connectivity index (χ3v) is 8.91. The van der Waals surface area contributed by atoms with Crippen molar-refractivity contribution < 1.29 is 13.2 Å². The summed E-state index contributed by atoms with van der Waals surface area (Å²) in [5.74, 6) is -0.0968. The number of carbonyl (C=O) groups is 1. The van der Waals surface area contributed by atoms with Crippen molar-refractivity contribution in [3.63, 3.8) is 0 Å². The van der Waals surface area contributed by atoms with Gasteiger partial charge < -0.3 is 16.0 Å². The number of carbonyl (C=O) groups excluding carboxylic acids is 1. The number of hydrogen-bond donors (Lipinski definition) is 2. The number of fused-ring (bicyclic) bond motifs is 3. The number of nitrogen functional groups attached to an aromatic ring is 1. The number of piperidine rings is 1. The Kier molecular flexibility index (Phi) is 5.82. The van der Waals surface area contributed by atoms with Gasteiger partial charge in [-0.15, -0.1) is 0 Å². The number of nitrogens with two attached hydrogens (primary N) is 1. The fourth-order valence-electron chi connectivity index (χ4n) is 6.07. The molecule has 38 heavy (non-hydrogen) atoms. The molecule has 6 rings (SSSR count). The van der Waals surface area contributed by atoms with E-state index in [1.807, 2.05) is 47.4 Å². The Hall–Kier alpha value is -3.99. The van der Waals surface area contributed by atoms with Crippen LogP contribution in [0.3, 0.4) is 0 Å². The Balaban J connectivity index is 1.44. The molecule has 4 aromatic rings. The van der Waals surface area contributed by atoms with Gasteiger partial charge in [0.15, 0.2) is 15.5 Å². The second-order valence-corrected chi connectivity index (χ2v) is 12.0. The minimum absolute atomic E-state index is 0.0231. The summed E-state index contributed by atoms with van der Waals surface area (Å²) in [6.07, 6.45) is 7.60. The lowest BCUT2D eigenvalue weighted by Gasteiger charge is -2.38. The highest BCUT2D eigenvalue weighted by molar-refractivity contribution is 7.91. The minimum Gasteiger partial charge on any atom is -0.382 e. The van der Waals surface area contributed by atoms with Gasteiger partial charge in [0.05, 0.1) is 17.6 Å². The molecule has 11 heteroatoms. The molecule has 2 saturated heterocycles. The predicted molar refractivity (Wildman–Crippen MR) is 144 cm³/mol. The van der Waals surface area contributed by atoms with E-state index in [1.165, 1.54) is 4.52 Å². The summed E-state index contributed by atoms with van der Waals surface area (Å²) in [6.45, 7) is 0. The number of rotatable bonds is 4. The molecule has 2 bridgehead atoms. The van der Waals surface area contributed by atoms with E-state index in [0.29, 0.717) is 24.2 Å². The summed E-state index contributed by atoms with van der Waals surface area (Å²) in [7, 11) is -2.07. The quantitative estimate of drug-likeness (QED) is 0.411. The molecule has 2 amide bonds. The number of amides is 2. The van der Waals surface area contributed by atoms with Gasteiger partial charge in [-0.3, -0.25) is 4.98 Å². The lowest BCUT2D eigenvalue weighted by atomic mass is 9.88. The first kappa shape index (κ1) is 24.4. The van der Waals surface area contributed by atoms with Crippen LogP contribution >= 0.6 is 0 Å². The average molecular weight is 532 g/mol. The highest BCUT2D eigenvalue weighted by Gasteiger charge is 2.45. The van der Waals surface area contributed by atoms with Crippen molar-refractivity contribution in [1.29, 1.82) is 0 Å². The van der Waals surface area contributed by atoms with E-state index in [2.05, 4.69) is 15.4 Å². The van der Waals surface area contributed by atoms with Gasteiger partial charge in [0, 0.05) is 54.2 Å². The van der Waals surface area contributed by atoms with E-state index in [0.717, 1.165) is 41.5 Å². The molecule has 0 unspecified atom stereocenters. The van der Waals surface area contributed by atoms with Crippen LogP contribution < -0.4 is 11.1 Å². The predicted octanol–water partition coefficient (Wildman–Crippen LogP) is 3.49. The molecule has 0 saturated carbocycles. The number of benzene rings is 1. The number of aromatic nitrogens is 4. The molecule has 3 aromatic heterocycles. The summed E-state index contributed by atoms with van der Waals surface area (Å²) in [5, 5.41) is 7.13. The van der Waals surface area contributed by atoms with Crippen molar-refractivity contribution in [1.82, 2.24) is 29.8 Å². The van der Waals surface area contributed by atoms with E-state index < -0.39 is 9.84 Å². The average Bonchev–Trinajstić information content (AvgIpc) is 3.46. The number of nitrogens with zero attached hydrogens (tertiary/aromatic N) is 5. The summed E-state index contributed by atoms with van der Waals surface area (Å²) in [5.41, 5.74) is 10.8. The van der Waals surface area contributed by atoms with Crippen LogP contribution in [0.25, 0.3) is 28.0 Å². The number of anilines is 1. The van der Waals surface area contributed by atoms with Crippen molar-refractivity contribution >= 4 is 27.3 Å². The Bertz CT molecular complexity index is 1620. The molecular formula is C27H29N7O3S. The van der Waals surface area contributed by atoms with Crippen LogP contribution in [0.2, 0.25) is 0 Å². The van der Waals surface area contributed by atoms with E-state index in [9.17, 15) is 13.2 Å². The maximum atomic E-state index is 13.0. The topological polar surface area (TPSA) is 136 Å². The standard InChI is InChI=1S/C27H29N7O3S/c1-29-27(35)33-19-9-10-20(33)13-18(12-19)23-24(38(2,36)37)25(28)34-26(32-23)21(15-31-34)17-8-11-22(30-14-17)16-6-4-3-5-7-16/h3-8,11,14-15,18-20H,9-10,12-13,28H2,1-2H3,(H,29,35)/t18-,19-,20+. The van der Waals surface area contributed by atoms with Crippen molar-refractivity contribution in [2.45, 2.75) is 48.6 Å². The van der Waals surface area contributed by atoms with Crippen LogP contribution in [0.4, 0.5) is 10.6 Å². The summed E-state index contributed by atoms with van der Waals surface area (Å²) in [4.78, 5) is 24.0. The van der Waals surface area contributed by atoms with Gasteiger partial charge in [0.2, 0.25) is 0 Å². The molecule has 2 fully saturated rings. The van der Waals surface area contributed by atoms with Crippen LogP contribution in [0.5, 0.6) is 0 Å². The zero-order valence-electron chi connectivity index (χ0n) is 21.2. The minimum atomic E-state index is -3.70. The van der Waals surface area contributed by atoms with E-state index >= 15 is 0 Å². The maximum Gasteiger partial charge on any atom is 0.317 e. The highest BCUT2D eigenvalue weighted by atomic mass is 32.2. The smallest absolute Gasteiger partial charge is 0.317 e. The maximum absolute atomic E-state index is 13.0. The van der Waals surface area contributed by atoms with Crippen molar-refractivity contribution in [3.8, 4) is 22.4 Å². The van der Waals surface area contributed by atoms with Crippen LogP contribution in [0.15, 0.2) is 59.8 Å². The molecule has 2 aliphatic heterocycles. The number of sulfone groups is 1. The fourth-order valence-corrected chi connectivity index (χ4v) is 7.13. The van der Waals surface area contributed by atoms with Gasteiger partial charge in [0.25, 0.3) is 0 Å². The first-order valence-electron chi connectivity index (χ1n) is 12.6. The normalized spacial score (nSPS) is 21.1. The summed E-state index contributed by atoms with van der Waals surface area (Å²) in [6, 6.07) is 13.8. The molecule has 3 N–H and O–H groups in total. The van der Waals surface area contributed by atoms with Crippen molar-refractivity contribution in [2.24, 2.45) is 0 Å². The van der Waals surface area contributed by atoms with Crippen LogP contribution in [-0.4, -0.2) is 64.3 Å². The molecule has 0 spiro atoms. The highest BCUT2D eigenvalue weighted by Crippen LogP contribution is 2.45. The zero-order chi connectivity index (χ0) is 26.6. The van der Waals surface area contributed by atoms with Gasteiger partial charge in [-0.1, -0.05) is 36.4 Å².